The number of ether oxygens (including phenoxy) is 2. The second-order valence-electron chi connectivity index (χ2n) is 2.54. The van der Waals surface area contributed by atoms with Crippen molar-refractivity contribution in [3.63, 3.8) is 0 Å². The number of aromatic nitrogens is 1. The molecule has 0 atom stereocenters. The largest absolute Gasteiger partial charge is 0.477 e. The van der Waals surface area contributed by atoms with E-state index in [4.69, 9.17) is 14.6 Å². The van der Waals surface area contributed by atoms with Gasteiger partial charge in [0.1, 0.15) is 11.5 Å². The first kappa shape index (κ1) is 10.9. The van der Waals surface area contributed by atoms with Crippen LogP contribution in [0.2, 0.25) is 0 Å². The van der Waals surface area contributed by atoms with E-state index >= 15 is 0 Å². The van der Waals surface area contributed by atoms with E-state index in [1.54, 1.807) is 14.0 Å². The first-order valence-electron chi connectivity index (χ1n) is 3.97. The van der Waals surface area contributed by atoms with E-state index in [1.807, 2.05) is 0 Å². The van der Waals surface area contributed by atoms with Crippen LogP contribution in [0.15, 0.2) is 0 Å². The normalized spacial score (nSPS) is 10.1. The lowest BCUT2D eigenvalue weighted by Crippen LogP contribution is -2.03. The van der Waals surface area contributed by atoms with Gasteiger partial charge in [-0.3, -0.25) is 0 Å². The number of nitrogens with zero attached hydrogens (tertiary/aromatic N) is 1. The Morgan fingerprint density at radius 1 is 1.57 bits per heavy atom. The summed E-state index contributed by atoms with van der Waals surface area (Å²) in [6.45, 7) is 2.48. The number of methoxy groups -OCH3 is 1. The Bertz CT molecular complexity index is 323. The maximum Gasteiger partial charge on any atom is 0.347 e. The van der Waals surface area contributed by atoms with E-state index in [1.165, 1.54) is 0 Å². The predicted octanol–water partition coefficient (Wildman–Crippen LogP) is 1.17. The molecule has 0 fully saturated rings. The first-order valence-corrected chi connectivity index (χ1v) is 4.79. The maximum absolute atomic E-state index is 10.7. The highest BCUT2D eigenvalue weighted by molar-refractivity contribution is 7.15. The summed E-state index contributed by atoms with van der Waals surface area (Å²) in [5.74, 6) is -0.971. The number of carbonyl (C=O) groups is 1. The number of hydrogen-bond donors (Lipinski definition) is 1. The van der Waals surface area contributed by atoms with Crippen molar-refractivity contribution in [1.29, 1.82) is 0 Å². The third kappa shape index (κ3) is 2.68. The number of aromatic carboxylic acids is 1. The van der Waals surface area contributed by atoms with E-state index in [0.29, 0.717) is 24.1 Å². The Kier molecular flexibility index (Phi) is 3.84. The Morgan fingerprint density at radius 3 is 2.79 bits per heavy atom. The molecule has 78 valence electrons. The van der Waals surface area contributed by atoms with E-state index < -0.39 is 5.97 Å². The second kappa shape index (κ2) is 4.92. The molecule has 6 heteroatoms. The number of carboxylic acid groups (broad SMARTS) is 1. The molecule has 0 spiro atoms. The van der Waals surface area contributed by atoms with Gasteiger partial charge in [0.2, 0.25) is 0 Å². The number of rotatable bonds is 5. The molecule has 1 aromatic heterocycles. The minimum atomic E-state index is -0.971. The van der Waals surface area contributed by atoms with Gasteiger partial charge in [-0.1, -0.05) is 11.3 Å². The summed E-state index contributed by atoms with van der Waals surface area (Å²) >= 11 is 1.03. The Hall–Kier alpha value is -1.14. The molecule has 0 radical (unpaired) electrons. The van der Waals surface area contributed by atoms with Gasteiger partial charge in [0.15, 0.2) is 0 Å². The molecule has 0 saturated carbocycles. The monoisotopic (exact) mass is 217 g/mol. The second-order valence-corrected chi connectivity index (χ2v) is 3.50. The van der Waals surface area contributed by atoms with Gasteiger partial charge < -0.3 is 14.6 Å². The number of aryl methyl sites for hydroxylation is 1. The summed E-state index contributed by atoms with van der Waals surface area (Å²) in [6, 6.07) is 0. The molecule has 0 saturated heterocycles. The van der Waals surface area contributed by atoms with Crippen molar-refractivity contribution in [2.24, 2.45) is 0 Å². The molecule has 1 N–H and O–H groups in total. The molecule has 0 amide bonds. The van der Waals surface area contributed by atoms with E-state index in [-0.39, 0.29) is 4.88 Å². The zero-order valence-electron chi connectivity index (χ0n) is 7.94. The molecular weight excluding hydrogens is 206 g/mol. The fourth-order valence-corrected chi connectivity index (χ4v) is 1.62. The first-order chi connectivity index (χ1) is 6.65. The fourth-order valence-electron chi connectivity index (χ4n) is 0.844. The van der Waals surface area contributed by atoms with Crippen LogP contribution in [-0.4, -0.2) is 36.4 Å². The molecule has 0 aliphatic heterocycles. The molecule has 1 rings (SSSR count). The van der Waals surface area contributed by atoms with Crippen LogP contribution in [0.1, 0.15) is 15.4 Å². The average Bonchev–Trinajstić information content (AvgIpc) is 2.47. The SMILES string of the molecule is COCCOc1nc(C)c(C(=O)O)s1. The molecular formula is C8H11NO4S. The fraction of sp³-hybridized carbons (Fsp3) is 0.500. The Balaban J connectivity index is 2.62. The van der Waals surface area contributed by atoms with Crippen molar-refractivity contribution >= 4 is 17.3 Å². The highest BCUT2D eigenvalue weighted by atomic mass is 32.1. The van der Waals surface area contributed by atoms with Gasteiger partial charge in [0.25, 0.3) is 5.19 Å². The molecule has 0 unspecified atom stereocenters. The minimum absolute atomic E-state index is 0.220. The van der Waals surface area contributed by atoms with Crippen molar-refractivity contribution in [3.05, 3.63) is 10.6 Å². The summed E-state index contributed by atoms with van der Waals surface area (Å²) in [7, 11) is 1.57. The zero-order chi connectivity index (χ0) is 10.6. The smallest absolute Gasteiger partial charge is 0.347 e. The van der Waals surface area contributed by atoms with Crippen LogP contribution in [0, 0.1) is 6.92 Å². The topological polar surface area (TPSA) is 68.7 Å². The Morgan fingerprint density at radius 2 is 2.29 bits per heavy atom. The van der Waals surface area contributed by atoms with Crippen LogP contribution < -0.4 is 4.74 Å². The molecule has 14 heavy (non-hydrogen) atoms. The summed E-state index contributed by atoms with van der Waals surface area (Å²) in [5.41, 5.74) is 0.481. The van der Waals surface area contributed by atoms with E-state index in [0.717, 1.165) is 11.3 Å². The van der Waals surface area contributed by atoms with Gasteiger partial charge in [-0.2, -0.15) is 0 Å². The Labute approximate surface area is 85.3 Å². The van der Waals surface area contributed by atoms with Crippen molar-refractivity contribution < 1.29 is 19.4 Å². The quantitative estimate of drug-likeness (QED) is 0.750. The van der Waals surface area contributed by atoms with Crippen LogP contribution in [0.3, 0.4) is 0 Å². The maximum atomic E-state index is 10.7. The average molecular weight is 217 g/mol. The lowest BCUT2D eigenvalue weighted by atomic mass is 10.4. The standard InChI is InChI=1S/C8H11NO4S/c1-5-6(7(10)11)14-8(9-5)13-4-3-12-2/h3-4H2,1-2H3,(H,10,11). The summed E-state index contributed by atoms with van der Waals surface area (Å²) in [5, 5.41) is 9.11. The highest BCUT2D eigenvalue weighted by Crippen LogP contribution is 2.24. The lowest BCUT2D eigenvalue weighted by Gasteiger charge is -1.99. The van der Waals surface area contributed by atoms with Gasteiger partial charge in [-0.05, 0) is 6.92 Å². The predicted molar refractivity (Wildman–Crippen MR) is 51.2 cm³/mol. The van der Waals surface area contributed by atoms with Crippen LogP contribution in [0.4, 0.5) is 0 Å². The molecule has 1 heterocycles. The molecule has 0 bridgehead atoms. The van der Waals surface area contributed by atoms with E-state index in [2.05, 4.69) is 4.98 Å². The van der Waals surface area contributed by atoms with Gasteiger partial charge in [-0.15, -0.1) is 0 Å². The van der Waals surface area contributed by atoms with Crippen LogP contribution in [0.5, 0.6) is 5.19 Å². The lowest BCUT2D eigenvalue weighted by molar-refractivity contribution is 0.0701. The van der Waals surface area contributed by atoms with Crippen molar-refractivity contribution in [2.45, 2.75) is 6.92 Å². The van der Waals surface area contributed by atoms with Crippen molar-refractivity contribution in [2.75, 3.05) is 20.3 Å². The summed E-state index contributed by atoms with van der Waals surface area (Å²) in [6.07, 6.45) is 0. The van der Waals surface area contributed by atoms with Crippen LogP contribution in [-0.2, 0) is 4.74 Å². The molecule has 5 nitrogen and oxygen atoms in total. The molecule has 0 aliphatic rings. The number of hydrogen-bond acceptors (Lipinski definition) is 5. The molecule has 0 aliphatic carbocycles. The van der Waals surface area contributed by atoms with Gasteiger partial charge in [0, 0.05) is 7.11 Å². The number of carboxylic acids is 1. The van der Waals surface area contributed by atoms with Crippen LogP contribution >= 0.6 is 11.3 Å². The van der Waals surface area contributed by atoms with Crippen LogP contribution in [0.25, 0.3) is 0 Å². The minimum Gasteiger partial charge on any atom is -0.477 e. The number of thiazole rings is 1. The van der Waals surface area contributed by atoms with Gasteiger partial charge in [0.05, 0.1) is 12.3 Å². The van der Waals surface area contributed by atoms with Crippen molar-refractivity contribution in [1.82, 2.24) is 4.98 Å². The molecule has 0 aromatic carbocycles. The third-order valence-corrected chi connectivity index (χ3v) is 2.54. The summed E-state index contributed by atoms with van der Waals surface area (Å²) in [4.78, 5) is 14.8. The van der Waals surface area contributed by atoms with E-state index in [9.17, 15) is 4.79 Å². The van der Waals surface area contributed by atoms with Crippen molar-refractivity contribution in [3.8, 4) is 5.19 Å². The van der Waals surface area contributed by atoms with Gasteiger partial charge >= 0.3 is 5.97 Å². The third-order valence-electron chi connectivity index (χ3n) is 1.48. The highest BCUT2D eigenvalue weighted by Gasteiger charge is 2.14. The molecule has 1 aromatic rings. The van der Waals surface area contributed by atoms with Gasteiger partial charge in [-0.25, -0.2) is 9.78 Å². The zero-order valence-corrected chi connectivity index (χ0v) is 8.76. The summed E-state index contributed by atoms with van der Waals surface area (Å²) < 4.78 is 9.96.